The lowest BCUT2D eigenvalue weighted by molar-refractivity contribution is 0.0845. The number of hydrogen-bond acceptors (Lipinski definition) is 3. The summed E-state index contributed by atoms with van der Waals surface area (Å²) < 4.78 is 19.1. The Balaban J connectivity index is 2.70. The standard InChI is InChI=1S/C13H20FNO2/c1-10(2)17-8-7-15(3)13-11(9-16)5-4-6-12(13)14/h4-6,10,16H,7-9H2,1-3H3. The summed E-state index contributed by atoms with van der Waals surface area (Å²) in [6.45, 7) is 4.88. The Kier molecular flexibility index (Phi) is 5.38. The van der Waals surface area contributed by atoms with E-state index in [2.05, 4.69) is 0 Å². The molecule has 0 saturated heterocycles. The number of aliphatic hydroxyl groups is 1. The van der Waals surface area contributed by atoms with Crippen molar-refractivity contribution in [1.29, 1.82) is 0 Å². The molecule has 0 aliphatic heterocycles. The quantitative estimate of drug-likeness (QED) is 0.828. The highest BCUT2D eigenvalue weighted by Gasteiger charge is 2.12. The molecule has 0 amide bonds. The lowest BCUT2D eigenvalue weighted by atomic mass is 10.1. The van der Waals surface area contributed by atoms with Gasteiger partial charge in [0.15, 0.2) is 0 Å². The minimum atomic E-state index is -0.316. The molecule has 1 rings (SSSR count). The number of likely N-dealkylation sites (N-methyl/N-ethyl adjacent to an activating group) is 1. The van der Waals surface area contributed by atoms with Crippen molar-refractivity contribution >= 4 is 5.69 Å². The summed E-state index contributed by atoms with van der Waals surface area (Å²) in [6.07, 6.45) is 0.168. The zero-order chi connectivity index (χ0) is 12.8. The molecule has 0 bridgehead atoms. The second-order valence-electron chi connectivity index (χ2n) is 4.25. The van der Waals surface area contributed by atoms with Crippen molar-refractivity contribution < 1.29 is 14.2 Å². The zero-order valence-corrected chi connectivity index (χ0v) is 10.6. The lowest BCUT2D eigenvalue weighted by Crippen LogP contribution is -2.25. The largest absolute Gasteiger partial charge is 0.392 e. The zero-order valence-electron chi connectivity index (χ0n) is 10.6. The van der Waals surface area contributed by atoms with E-state index in [-0.39, 0.29) is 18.5 Å². The van der Waals surface area contributed by atoms with Gasteiger partial charge in [-0.05, 0) is 19.9 Å². The Labute approximate surface area is 102 Å². The fourth-order valence-electron chi connectivity index (χ4n) is 1.65. The van der Waals surface area contributed by atoms with Crippen molar-refractivity contribution in [2.75, 3.05) is 25.1 Å². The third-order valence-corrected chi connectivity index (χ3v) is 2.50. The molecular weight excluding hydrogens is 221 g/mol. The van der Waals surface area contributed by atoms with E-state index in [4.69, 9.17) is 4.74 Å². The van der Waals surface area contributed by atoms with Crippen LogP contribution in [0.1, 0.15) is 19.4 Å². The Morgan fingerprint density at radius 1 is 1.41 bits per heavy atom. The van der Waals surface area contributed by atoms with Crippen molar-refractivity contribution in [3.8, 4) is 0 Å². The van der Waals surface area contributed by atoms with Gasteiger partial charge in [0.25, 0.3) is 0 Å². The van der Waals surface area contributed by atoms with Crippen LogP contribution in [0.25, 0.3) is 0 Å². The van der Waals surface area contributed by atoms with Crippen LogP contribution in [-0.2, 0) is 11.3 Å². The van der Waals surface area contributed by atoms with Gasteiger partial charge in [-0.2, -0.15) is 0 Å². The van der Waals surface area contributed by atoms with Gasteiger partial charge in [0.05, 0.1) is 25.0 Å². The summed E-state index contributed by atoms with van der Waals surface area (Å²) in [5, 5.41) is 9.18. The predicted octanol–water partition coefficient (Wildman–Crippen LogP) is 2.18. The van der Waals surface area contributed by atoms with Gasteiger partial charge < -0.3 is 14.7 Å². The van der Waals surface area contributed by atoms with E-state index < -0.39 is 0 Å². The third kappa shape index (κ3) is 3.98. The van der Waals surface area contributed by atoms with Gasteiger partial charge in [0.2, 0.25) is 0 Å². The van der Waals surface area contributed by atoms with Gasteiger partial charge in [-0.15, -0.1) is 0 Å². The van der Waals surface area contributed by atoms with E-state index in [0.29, 0.717) is 24.4 Å². The van der Waals surface area contributed by atoms with Crippen LogP contribution in [0.2, 0.25) is 0 Å². The number of ether oxygens (including phenoxy) is 1. The van der Waals surface area contributed by atoms with E-state index in [0.717, 1.165) is 0 Å². The number of rotatable bonds is 6. The van der Waals surface area contributed by atoms with Gasteiger partial charge in [0.1, 0.15) is 5.82 Å². The van der Waals surface area contributed by atoms with Crippen LogP contribution in [0.15, 0.2) is 18.2 Å². The molecule has 0 heterocycles. The number of aliphatic hydroxyl groups excluding tert-OH is 1. The number of para-hydroxylation sites is 1. The number of halogens is 1. The van der Waals surface area contributed by atoms with Gasteiger partial charge in [-0.1, -0.05) is 12.1 Å². The van der Waals surface area contributed by atoms with Crippen molar-refractivity contribution in [2.45, 2.75) is 26.6 Å². The second kappa shape index (κ2) is 6.57. The van der Waals surface area contributed by atoms with Gasteiger partial charge >= 0.3 is 0 Å². The second-order valence-corrected chi connectivity index (χ2v) is 4.25. The highest BCUT2D eigenvalue weighted by Crippen LogP contribution is 2.23. The van der Waals surface area contributed by atoms with E-state index in [1.165, 1.54) is 6.07 Å². The molecule has 3 nitrogen and oxygen atoms in total. The van der Waals surface area contributed by atoms with E-state index in [1.54, 1.807) is 24.1 Å². The predicted molar refractivity (Wildman–Crippen MR) is 66.7 cm³/mol. The molecule has 0 saturated carbocycles. The molecule has 0 spiro atoms. The van der Waals surface area contributed by atoms with E-state index in [1.807, 2.05) is 13.8 Å². The molecule has 4 heteroatoms. The molecular formula is C13H20FNO2. The monoisotopic (exact) mass is 241 g/mol. The van der Waals surface area contributed by atoms with Crippen LogP contribution < -0.4 is 4.90 Å². The first-order valence-corrected chi connectivity index (χ1v) is 5.77. The number of hydrogen-bond donors (Lipinski definition) is 1. The van der Waals surface area contributed by atoms with Crippen LogP contribution in [0.4, 0.5) is 10.1 Å². The smallest absolute Gasteiger partial charge is 0.146 e. The highest BCUT2D eigenvalue weighted by atomic mass is 19.1. The van der Waals surface area contributed by atoms with Crippen LogP contribution in [0.5, 0.6) is 0 Å². The number of nitrogens with zero attached hydrogens (tertiary/aromatic N) is 1. The lowest BCUT2D eigenvalue weighted by Gasteiger charge is -2.23. The summed E-state index contributed by atoms with van der Waals surface area (Å²) in [5.74, 6) is -0.316. The summed E-state index contributed by atoms with van der Waals surface area (Å²) in [5.41, 5.74) is 1.04. The number of benzene rings is 1. The Hall–Kier alpha value is -1.13. The van der Waals surface area contributed by atoms with Gasteiger partial charge in [-0.25, -0.2) is 4.39 Å². The Morgan fingerprint density at radius 3 is 2.71 bits per heavy atom. The Morgan fingerprint density at radius 2 is 2.12 bits per heavy atom. The fourth-order valence-corrected chi connectivity index (χ4v) is 1.65. The third-order valence-electron chi connectivity index (χ3n) is 2.50. The summed E-state index contributed by atoms with van der Waals surface area (Å²) >= 11 is 0. The first-order valence-electron chi connectivity index (χ1n) is 5.77. The summed E-state index contributed by atoms with van der Waals surface area (Å²) in [6, 6.07) is 4.72. The maximum Gasteiger partial charge on any atom is 0.146 e. The SMILES string of the molecule is CC(C)OCCN(C)c1c(F)cccc1CO. The van der Waals surface area contributed by atoms with Crippen molar-refractivity contribution in [1.82, 2.24) is 0 Å². The normalized spacial score (nSPS) is 10.9. The molecule has 0 unspecified atom stereocenters. The molecule has 0 fully saturated rings. The molecule has 1 aromatic rings. The summed E-state index contributed by atoms with van der Waals surface area (Å²) in [4.78, 5) is 1.77. The molecule has 0 atom stereocenters. The van der Waals surface area contributed by atoms with Crippen molar-refractivity contribution in [3.05, 3.63) is 29.6 Å². The fraction of sp³-hybridized carbons (Fsp3) is 0.538. The minimum absolute atomic E-state index is 0.164. The molecule has 96 valence electrons. The van der Waals surface area contributed by atoms with Crippen LogP contribution in [-0.4, -0.2) is 31.4 Å². The number of anilines is 1. The molecule has 0 radical (unpaired) electrons. The summed E-state index contributed by atoms with van der Waals surface area (Å²) in [7, 11) is 1.79. The van der Waals surface area contributed by atoms with Crippen molar-refractivity contribution in [2.24, 2.45) is 0 Å². The highest BCUT2D eigenvalue weighted by molar-refractivity contribution is 5.54. The maximum atomic E-state index is 13.7. The molecule has 1 N–H and O–H groups in total. The molecule has 0 aliphatic rings. The van der Waals surface area contributed by atoms with E-state index >= 15 is 0 Å². The minimum Gasteiger partial charge on any atom is -0.392 e. The Bertz CT molecular complexity index is 355. The van der Waals surface area contributed by atoms with Crippen LogP contribution in [0, 0.1) is 5.82 Å². The molecule has 0 aliphatic carbocycles. The van der Waals surface area contributed by atoms with Crippen molar-refractivity contribution in [3.63, 3.8) is 0 Å². The molecule has 0 aromatic heterocycles. The maximum absolute atomic E-state index is 13.7. The molecule has 1 aromatic carbocycles. The van der Waals surface area contributed by atoms with Gasteiger partial charge in [-0.3, -0.25) is 0 Å². The molecule has 17 heavy (non-hydrogen) atoms. The average molecular weight is 241 g/mol. The van der Waals surface area contributed by atoms with Crippen LogP contribution in [0.3, 0.4) is 0 Å². The first kappa shape index (κ1) is 13.9. The average Bonchev–Trinajstić information content (AvgIpc) is 2.27. The topological polar surface area (TPSA) is 32.7 Å². The van der Waals surface area contributed by atoms with Gasteiger partial charge in [0, 0.05) is 19.2 Å². The van der Waals surface area contributed by atoms with E-state index in [9.17, 15) is 9.50 Å². The van der Waals surface area contributed by atoms with Crippen LogP contribution >= 0.6 is 0 Å². The first-order chi connectivity index (χ1) is 8.06.